The Hall–Kier alpha value is -0.0500. The smallest absolute Gasteiger partial charge is 0.0756 e. The highest BCUT2D eigenvalue weighted by Crippen LogP contribution is 2.45. The minimum atomic E-state index is -0.198. The van der Waals surface area contributed by atoms with Gasteiger partial charge in [-0.3, -0.25) is 0 Å². The molecule has 3 atom stereocenters. The largest absolute Gasteiger partial charge is 0.355 e. The zero-order chi connectivity index (χ0) is 7.56. The van der Waals surface area contributed by atoms with Crippen LogP contribution in [-0.2, 0) is 4.52 Å². The summed E-state index contributed by atoms with van der Waals surface area (Å²) < 4.78 is 5.64. The average molecular weight is 156 g/mol. The van der Waals surface area contributed by atoms with E-state index >= 15 is 0 Å². The zero-order valence-electron chi connectivity index (χ0n) is 6.50. The Morgan fingerprint density at radius 3 is 2.90 bits per heavy atom. The summed E-state index contributed by atoms with van der Waals surface area (Å²) in [5.74, 6) is 3.18. The van der Waals surface area contributed by atoms with Crippen LogP contribution in [0.25, 0.3) is 0 Å². The molecule has 0 spiro atoms. The Balaban J connectivity index is 2.51. The Bertz CT molecular complexity index is 150. The number of hydrogen-bond acceptors (Lipinski definition) is 1. The van der Waals surface area contributed by atoms with E-state index in [1.807, 2.05) is 0 Å². The van der Waals surface area contributed by atoms with Gasteiger partial charge in [0.1, 0.15) is 0 Å². The van der Waals surface area contributed by atoms with Gasteiger partial charge in [-0.25, -0.2) is 0 Å². The van der Waals surface area contributed by atoms with E-state index in [1.54, 1.807) is 0 Å². The van der Waals surface area contributed by atoms with Crippen molar-refractivity contribution in [3.63, 3.8) is 0 Å². The Labute approximate surface area is 64.0 Å². The molecule has 0 saturated carbocycles. The molecule has 1 fully saturated rings. The maximum atomic E-state index is 5.64. The predicted octanol–water partition coefficient (Wildman–Crippen LogP) is 2.07. The molecule has 10 heavy (non-hydrogen) atoms. The maximum Gasteiger partial charge on any atom is 0.0756 e. The van der Waals surface area contributed by atoms with Crippen LogP contribution in [0, 0.1) is 18.3 Å². The van der Waals surface area contributed by atoms with Gasteiger partial charge >= 0.3 is 0 Å². The molecule has 0 radical (unpaired) electrons. The third kappa shape index (κ3) is 1.51. The van der Waals surface area contributed by atoms with Crippen molar-refractivity contribution in [2.45, 2.75) is 19.4 Å². The van der Waals surface area contributed by atoms with Crippen molar-refractivity contribution < 1.29 is 4.52 Å². The van der Waals surface area contributed by atoms with E-state index in [0.717, 1.165) is 12.6 Å². The van der Waals surface area contributed by atoms with Crippen molar-refractivity contribution in [2.24, 2.45) is 5.92 Å². The topological polar surface area (TPSA) is 9.23 Å². The second-order valence-corrected chi connectivity index (χ2v) is 4.47. The third-order valence-corrected chi connectivity index (χ3v) is 3.37. The van der Waals surface area contributed by atoms with Crippen LogP contribution in [0.3, 0.4) is 0 Å². The molecule has 1 rings (SSSR count). The Morgan fingerprint density at radius 1 is 1.80 bits per heavy atom. The second kappa shape index (κ2) is 3.37. The lowest BCUT2D eigenvalue weighted by atomic mass is 10.0. The molecule has 0 N–H and O–H groups in total. The number of hydrogen-bond donors (Lipinski definition) is 0. The van der Waals surface area contributed by atoms with Gasteiger partial charge in [0.15, 0.2) is 0 Å². The molecular weight excluding hydrogens is 143 g/mol. The van der Waals surface area contributed by atoms with Crippen molar-refractivity contribution in [1.29, 1.82) is 0 Å². The van der Waals surface area contributed by atoms with Crippen molar-refractivity contribution in [3.8, 4) is 12.3 Å². The summed E-state index contributed by atoms with van der Waals surface area (Å²) in [7, 11) is -0.198. The minimum absolute atomic E-state index is 0.198. The van der Waals surface area contributed by atoms with Crippen LogP contribution in [0.2, 0.25) is 0 Å². The second-order valence-electron chi connectivity index (χ2n) is 2.64. The first-order valence-corrected chi connectivity index (χ1v) is 5.51. The molecule has 3 unspecified atom stereocenters. The quantitative estimate of drug-likeness (QED) is 0.417. The van der Waals surface area contributed by atoms with E-state index in [9.17, 15) is 0 Å². The SMILES string of the molecule is C#CC1CP(C)OC1CC. The lowest BCUT2D eigenvalue weighted by Crippen LogP contribution is -2.13. The molecule has 1 saturated heterocycles. The summed E-state index contributed by atoms with van der Waals surface area (Å²) in [6, 6.07) is 0. The van der Waals surface area contributed by atoms with Gasteiger partial charge in [0.05, 0.1) is 12.0 Å². The highest BCUT2D eigenvalue weighted by atomic mass is 31.1. The van der Waals surface area contributed by atoms with Gasteiger partial charge in [0, 0.05) is 14.3 Å². The molecule has 0 aromatic carbocycles. The van der Waals surface area contributed by atoms with Crippen LogP contribution in [0.15, 0.2) is 0 Å². The molecule has 1 heterocycles. The first-order valence-electron chi connectivity index (χ1n) is 3.62. The van der Waals surface area contributed by atoms with Crippen LogP contribution in [-0.4, -0.2) is 18.9 Å². The van der Waals surface area contributed by atoms with Crippen molar-refractivity contribution in [3.05, 3.63) is 0 Å². The standard InChI is InChI=1S/C8H13OP/c1-4-7-6-10(3)9-8(7)5-2/h1,7-8H,5-6H2,2-3H3. The Kier molecular flexibility index (Phi) is 2.72. The van der Waals surface area contributed by atoms with Crippen LogP contribution in [0.5, 0.6) is 0 Å². The van der Waals surface area contributed by atoms with E-state index in [2.05, 4.69) is 19.5 Å². The number of rotatable bonds is 1. The Morgan fingerprint density at radius 2 is 2.50 bits per heavy atom. The summed E-state index contributed by atoms with van der Waals surface area (Å²) in [4.78, 5) is 0. The fourth-order valence-electron chi connectivity index (χ4n) is 1.26. The van der Waals surface area contributed by atoms with E-state index in [4.69, 9.17) is 10.9 Å². The van der Waals surface area contributed by atoms with Crippen molar-refractivity contribution in [2.75, 3.05) is 12.8 Å². The van der Waals surface area contributed by atoms with Crippen molar-refractivity contribution >= 4 is 8.15 Å². The summed E-state index contributed by atoms with van der Waals surface area (Å²) in [5, 5.41) is 0. The molecule has 0 amide bonds. The van der Waals surface area contributed by atoms with Crippen LogP contribution in [0.4, 0.5) is 0 Å². The highest BCUT2D eigenvalue weighted by Gasteiger charge is 2.29. The molecule has 0 aromatic rings. The van der Waals surface area contributed by atoms with Gasteiger partial charge in [-0.2, -0.15) is 0 Å². The van der Waals surface area contributed by atoms with Crippen LogP contribution in [0.1, 0.15) is 13.3 Å². The monoisotopic (exact) mass is 156 g/mol. The molecule has 1 aliphatic rings. The zero-order valence-corrected chi connectivity index (χ0v) is 7.40. The third-order valence-electron chi connectivity index (χ3n) is 1.83. The normalized spacial score (nSPS) is 39.5. The van der Waals surface area contributed by atoms with E-state index in [-0.39, 0.29) is 8.15 Å². The molecule has 0 bridgehead atoms. The maximum absolute atomic E-state index is 5.64. The molecule has 1 aliphatic heterocycles. The van der Waals surface area contributed by atoms with Gasteiger partial charge in [0.25, 0.3) is 0 Å². The summed E-state index contributed by atoms with van der Waals surface area (Å²) in [5.41, 5.74) is 0. The van der Waals surface area contributed by atoms with Crippen LogP contribution < -0.4 is 0 Å². The van der Waals surface area contributed by atoms with E-state index in [1.165, 1.54) is 0 Å². The van der Waals surface area contributed by atoms with E-state index in [0.29, 0.717) is 12.0 Å². The first-order chi connectivity index (χ1) is 4.77. The average Bonchev–Trinajstić information content (AvgIpc) is 2.30. The molecule has 2 heteroatoms. The van der Waals surface area contributed by atoms with Crippen LogP contribution >= 0.6 is 8.15 Å². The van der Waals surface area contributed by atoms with Gasteiger partial charge < -0.3 is 4.52 Å². The molecule has 0 aliphatic carbocycles. The minimum Gasteiger partial charge on any atom is -0.355 e. The molecule has 56 valence electrons. The fourth-order valence-corrected chi connectivity index (χ4v) is 3.00. The molecule has 1 nitrogen and oxygen atoms in total. The van der Waals surface area contributed by atoms with Gasteiger partial charge in [-0.15, -0.1) is 12.3 Å². The van der Waals surface area contributed by atoms with Gasteiger partial charge in [-0.05, 0) is 13.1 Å². The first kappa shape index (κ1) is 8.05. The van der Waals surface area contributed by atoms with Crippen molar-refractivity contribution in [1.82, 2.24) is 0 Å². The van der Waals surface area contributed by atoms with Gasteiger partial charge in [0.2, 0.25) is 0 Å². The predicted molar refractivity (Wildman–Crippen MR) is 45.2 cm³/mol. The van der Waals surface area contributed by atoms with Gasteiger partial charge in [-0.1, -0.05) is 6.92 Å². The number of terminal acetylenes is 1. The summed E-state index contributed by atoms with van der Waals surface area (Å²) in [6.07, 6.45) is 7.85. The highest BCUT2D eigenvalue weighted by molar-refractivity contribution is 7.52. The summed E-state index contributed by atoms with van der Waals surface area (Å²) >= 11 is 0. The van der Waals surface area contributed by atoms with E-state index < -0.39 is 0 Å². The molecule has 0 aromatic heterocycles. The molecular formula is C8H13OP. The lowest BCUT2D eigenvalue weighted by molar-refractivity contribution is 0.218. The summed E-state index contributed by atoms with van der Waals surface area (Å²) in [6.45, 7) is 4.28. The fraction of sp³-hybridized carbons (Fsp3) is 0.750. The lowest BCUT2D eigenvalue weighted by Gasteiger charge is -2.09.